The van der Waals surface area contributed by atoms with Gasteiger partial charge in [0, 0.05) is 19.2 Å². The van der Waals surface area contributed by atoms with E-state index in [0.29, 0.717) is 24.7 Å². The van der Waals surface area contributed by atoms with Crippen molar-refractivity contribution in [2.45, 2.75) is 57.4 Å². The maximum atomic E-state index is 12.2. The predicted octanol–water partition coefficient (Wildman–Crippen LogP) is 2.37. The molecule has 0 aromatic carbocycles. The molecule has 0 bridgehead atoms. The largest absolute Gasteiger partial charge is 0.481 e. The average Bonchev–Trinajstić information content (AvgIpc) is 3.10. The van der Waals surface area contributed by atoms with E-state index in [0.717, 1.165) is 25.7 Å². The van der Waals surface area contributed by atoms with E-state index in [1.54, 1.807) is 12.3 Å². The number of carboxylic acid groups (broad SMARTS) is 1. The van der Waals surface area contributed by atoms with Gasteiger partial charge in [0.1, 0.15) is 5.69 Å². The lowest BCUT2D eigenvalue weighted by molar-refractivity contribution is -0.137. The Balaban J connectivity index is 1.73. The monoisotopic (exact) mass is 293 g/mol. The summed E-state index contributed by atoms with van der Waals surface area (Å²) in [4.78, 5) is 22.5. The van der Waals surface area contributed by atoms with Crippen molar-refractivity contribution in [3.8, 4) is 0 Å². The molecule has 0 atom stereocenters. The Bertz CT molecular complexity index is 478. The van der Waals surface area contributed by atoms with Crippen LogP contribution in [0, 0.1) is 0 Å². The van der Waals surface area contributed by atoms with Crippen LogP contribution in [0.1, 0.15) is 67.9 Å². The number of unbranched alkanes of at least 4 members (excludes halogenated alkanes) is 2. The van der Waals surface area contributed by atoms with Crippen molar-refractivity contribution in [3.63, 3.8) is 0 Å². The minimum atomic E-state index is -0.764. The van der Waals surface area contributed by atoms with Gasteiger partial charge in [-0.05, 0) is 31.7 Å². The minimum absolute atomic E-state index is 0.0855. The summed E-state index contributed by atoms with van der Waals surface area (Å²) in [5.41, 5.74) is 0.632. The van der Waals surface area contributed by atoms with Crippen LogP contribution in [0.4, 0.5) is 0 Å². The van der Waals surface area contributed by atoms with Crippen LogP contribution in [-0.2, 0) is 4.79 Å². The summed E-state index contributed by atoms with van der Waals surface area (Å²) in [6.07, 6.45) is 8.75. The van der Waals surface area contributed by atoms with Gasteiger partial charge in [-0.25, -0.2) is 0 Å². The third-order valence-corrected chi connectivity index (χ3v) is 3.93. The third kappa shape index (κ3) is 4.58. The molecule has 1 aromatic rings. The van der Waals surface area contributed by atoms with Crippen LogP contribution in [0.25, 0.3) is 0 Å². The van der Waals surface area contributed by atoms with Gasteiger partial charge < -0.3 is 10.4 Å². The average molecular weight is 293 g/mol. The number of amides is 1. The van der Waals surface area contributed by atoms with Crippen molar-refractivity contribution in [3.05, 3.63) is 18.0 Å². The fourth-order valence-electron chi connectivity index (χ4n) is 2.80. The predicted molar refractivity (Wildman–Crippen MR) is 78.2 cm³/mol. The molecule has 1 saturated carbocycles. The van der Waals surface area contributed by atoms with Gasteiger partial charge in [0.15, 0.2) is 0 Å². The molecule has 21 heavy (non-hydrogen) atoms. The highest BCUT2D eigenvalue weighted by atomic mass is 16.4. The zero-order valence-electron chi connectivity index (χ0n) is 12.3. The quantitative estimate of drug-likeness (QED) is 0.721. The van der Waals surface area contributed by atoms with Crippen LogP contribution in [-0.4, -0.2) is 33.3 Å². The van der Waals surface area contributed by atoms with Crippen molar-refractivity contribution in [2.24, 2.45) is 0 Å². The number of nitrogens with zero attached hydrogens (tertiary/aromatic N) is 2. The number of aliphatic carboxylic acids is 1. The number of hydrogen-bond donors (Lipinski definition) is 2. The second-order valence-corrected chi connectivity index (χ2v) is 5.56. The summed E-state index contributed by atoms with van der Waals surface area (Å²) in [6, 6.07) is 2.12. The van der Waals surface area contributed by atoms with Crippen LogP contribution in [0.3, 0.4) is 0 Å². The van der Waals surface area contributed by atoms with Crippen molar-refractivity contribution < 1.29 is 14.7 Å². The Hall–Kier alpha value is -1.85. The number of nitrogens with one attached hydrogen (secondary N) is 1. The van der Waals surface area contributed by atoms with Crippen LogP contribution in [0.5, 0.6) is 0 Å². The number of carbonyl (C=O) groups excluding carboxylic acids is 1. The Morgan fingerprint density at radius 1 is 1.29 bits per heavy atom. The molecule has 1 aliphatic carbocycles. The van der Waals surface area contributed by atoms with E-state index < -0.39 is 5.97 Å². The number of carboxylic acids is 1. The van der Waals surface area contributed by atoms with Gasteiger partial charge in [-0.15, -0.1) is 0 Å². The van der Waals surface area contributed by atoms with Gasteiger partial charge >= 0.3 is 5.97 Å². The van der Waals surface area contributed by atoms with E-state index >= 15 is 0 Å². The Kier molecular flexibility index (Phi) is 5.78. The first-order chi connectivity index (χ1) is 10.2. The maximum Gasteiger partial charge on any atom is 0.303 e. The molecule has 1 fully saturated rings. The molecular weight excluding hydrogens is 270 g/mol. The molecule has 0 aliphatic heterocycles. The molecule has 1 aromatic heterocycles. The molecular formula is C15H23N3O3. The minimum Gasteiger partial charge on any atom is -0.481 e. The van der Waals surface area contributed by atoms with Gasteiger partial charge in [0.2, 0.25) is 0 Å². The number of carbonyl (C=O) groups is 2. The molecule has 6 nitrogen and oxygen atoms in total. The molecule has 2 rings (SSSR count). The van der Waals surface area contributed by atoms with E-state index in [2.05, 4.69) is 10.4 Å². The van der Waals surface area contributed by atoms with Crippen molar-refractivity contribution in [1.29, 1.82) is 0 Å². The SMILES string of the molecule is O=C(O)CCCCCNC(=O)c1ccnn1C1CCCC1. The van der Waals surface area contributed by atoms with E-state index in [9.17, 15) is 9.59 Å². The van der Waals surface area contributed by atoms with Crippen LogP contribution >= 0.6 is 0 Å². The number of aromatic nitrogens is 2. The van der Waals surface area contributed by atoms with E-state index in [1.807, 2.05) is 4.68 Å². The standard InChI is InChI=1S/C15H23N3O3/c19-14(20)8-2-1-5-10-16-15(21)13-9-11-17-18(13)12-6-3-4-7-12/h9,11-12H,1-8,10H2,(H,16,21)(H,19,20). The molecule has 0 radical (unpaired) electrons. The molecule has 0 unspecified atom stereocenters. The Morgan fingerprint density at radius 2 is 2.05 bits per heavy atom. The van der Waals surface area contributed by atoms with Crippen LogP contribution < -0.4 is 5.32 Å². The summed E-state index contributed by atoms with van der Waals surface area (Å²) >= 11 is 0. The second-order valence-electron chi connectivity index (χ2n) is 5.56. The maximum absolute atomic E-state index is 12.2. The zero-order valence-corrected chi connectivity index (χ0v) is 12.3. The zero-order chi connectivity index (χ0) is 15.1. The molecule has 0 saturated heterocycles. The first kappa shape index (κ1) is 15.5. The third-order valence-electron chi connectivity index (χ3n) is 3.93. The molecule has 2 N–H and O–H groups in total. The van der Waals surface area contributed by atoms with Gasteiger partial charge in [-0.2, -0.15) is 5.10 Å². The van der Waals surface area contributed by atoms with Crippen LogP contribution in [0.15, 0.2) is 12.3 Å². The Morgan fingerprint density at radius 3 is 2.76 bits per heavy atom. The highest BCUT2D eigenvalue weighted by Crippen LogP contribution is 2.29. The normalized spacial score (nSPS) is 15.2. The summed E-state index contributed by atoms with van der Waals surface area (Å²) in [7, 11) is 0. The number of rotatable bonds is 8. The lowest BCUT2D eigenvalue weighted by atomic mass is 10.2. The summed E-state index contributed by atoms with van der Waals surface area (Å²) in [5, 5.41) is 15.7. The first-order valence-electron chi connectivity index (χ1n) is 7.72. The topological polar surface area (TPSA) is 84.2 Å². The number of hydrogen-bond acceptors (Lipinski definition) is 3. The van der Waals surface area contributed by atoms with Crippen molar-refractivity contribution in [2.75, 3.05) is 6.54 Å². The fraction of sp³-hybridized carbons (Fsp3) is 0.667. The highest BCUT2D eigenvalue weighted by Gasteiger charge is 2.22. The van der Waals surface area contributed by atoms with Crippen molar-refractivity contribution in [1.82, 2.24) is 15.1 Å². The lowest BCUT2D eigenvalue weighted by Gasteiger charge is -2.13. The highest BCUT2D eigenvalue weighted by molar-refractivity contribution is 5.92. The fourth-order valence-corrected chi connectivity index (χ4v) is 2.80. The molecule has 1 aliphatic rings. The van der Waals surface area contributed by atoms with E-state index in [4.69, 9.17) is 5.11 Å². The first-order valence-corrected chi connectivity index (χ1v) is 7.72. The molecule has 0 spiro atoms. The lowest BCUT2D eigenvalue weighted by Crippen LogP contribution is -2.28. The van der Waals surface area contributed by atoms with E-state index in [-0.39, 0.29) is 12.3 Å². The van der Waals surface area contributed by atoms with Crippen molar-refractivity contribution >= 4 is 11.9 Å². The summed E-state index contributed by atoms with van der Waals surface area (Å²) in [6.45, 7) is 0.578. The second kappa shape index (κ2) is 7.81. The smallest absolute Gasteiger partial charge is 0.303 e. The van der Waals surface area contributed by atoms with Crippen LogP contribution in [0.2, 0.25) is 0 Å². The van der Waals surface area contributed by atoms with Gasteiger partial charge in [-0.3, -0.25) is 14.3 Å². The molecule has 6 heteroatoms. The summed E-state index contributed by atoms with van der Waals surface area (Å²) in [5.74, 6) is -0.850. The van der Waals surface area contributed by atoms with Gasteiger partial charge in [0.25, 0.3) is 5.91 Å². The molecule has 116 valence electrons. The molecule has 1 amide bonds. The Labute approximate surface area is 124 Å². The van der Waals surface area contributed by atoms with Gasteiger partial charge in [-0.1, -0.05) is 19.3 Å². The summed E-state index contributed by atoms with van der Waals surface area (Å²) < 4.78 is 1.85. The molecule has 1 heterocycles. The van der Waals surface area contributed by atoms with Gasteiger partial charge in [0.05, 0.1) is 6.04 Å². The van der Waals surface area contributed by atoms with E-state index in [1.165, 1.54) is 12.8 Å².